The van der Waals surface area contributed by atoms with Crippen molar-refractivity contribution in [2.45, 2.75) is 13.5 Å². The number of rotatable bonds is 8. The second kappa shape index (κ2) is 7.81. The number of ether oxygens (including phenoxy) is 2. The predicted octanol–water partition coefficient (Wildman–Crippen LogP) is 3.32. The van der Waals surface area contributed by atoms with Crippen molar-refractivity contribution in [1.82, 2.24) is 5.32 Å². The number of hydrogen-bond acceptors (Lipinski definition) is 4. The zero-order valence-corrected chi connectivity index (χ0v) is 11.9. The van der Waals surface area contributed by atoms with Crippen LogP contribution in [0, 0.1) is 0 Å². The minimum atomic E-state index is 0.666. The molecule has 0 aliphatic carbocycles. The summed E-state index contributed by atoms with van der Waals surface area (Å²) in [5.41, 5.74) is 0. The molecule has 1 aromatic carbocycles. The Bertz CT molecular complexity index is 454. The minimum Gasteiger partial charge on any atom is -0.494 e. The molecular formula is C15H19NO2S. The molecule has 1 aromatic heterocycles. The molecule has 102 valence electrons. The maximum atomic E-state index is 5.64. The highest BCUT2D eigenvalue weighted by molar-refractivity contribution is 7.09. The van der Waals surface area contributed by atoms with Crippen molar-refractivity contribution in [3.63, 3.8) is 0 Å². The third-order valence-electron chi connectivity index (χ3n) is 2.56. The monoisotopic (exact) mass is 277 g/mol. The first-order chi connectivity index (χ1) is 9.38. The SMILES string of the molecule is CCOc1ccc(OCCNCc2cccs2)cc1. The van der Waals surface area contributed by atoms with Gasteiger partial charge in [0.25, 0.3) is 0 Å². The highest BCUT2D eigenvalue weighted by Gasteiger charge is 1.96. The molecule has 0 radical (unpaired) electrons. The van der Waals surface area contributed by atoms with Gasteiger partial charge in [-0.2, -0.15) is 0 Å². The smallest absolute Gasteiger partial charge is 0.119 e. The molecule has 19 heavy (non-hydrogen) atoms. The van der Waals surface area contributed by atoms with Gasteiger partial charge in [0.1, 0.15) is 18.1 Å². The molecule has 0 saturated heterocycles. The first kappa shape index (κ1) is 13.9. The Balaban J connectivity index is 1.62. The Morgan fingerprint density at radius 2 is 1.79 bits per heavy atom. The van der Waals surface area contributed by atoms with E-state index < -0.39 is 0 Å². The van der Waals surface area contributed by atoms with Crippen molar-refractivity contribution < 1.29 is 9.47 Å². The third-order valence-corrected chi connectivity index (χ3v) is 3.44. The lowest BCUT2D eigenvalue weighted by molar-refractivity contribution is 0.311. The van der Waals surface area contributed by atoms with Crippen LogP contribution in [0.25, 0.3) is 0 Å². The topological polar surface area (TPSA) is 30.5 Å². The fourth-order valence-corrected chi connectivity index (χ4v) is 2.34. The second-order valence-corrected chi connectivity index (χ2v) is 5.04. The summed E-state index contributed by atoms with van der Waals surface area (Å²) in [6.45, 7) is 5.07. The molecule has 3 nitrogen and oxygen atoms in total. The average molecular weight is 277 g/mol. The van der Waals surface area contributed by atoms with Gasteiger partial charge in [-0.15, -0.1) is 11.3 Å². The molecule has 4 heteroatoms. The van der Waals surface area contributed by atoms with Crippen molar-refractivity contribution in [1.29, 1.82) is 0 Å². The van der Waals surface area contributed by atoms with Crippen LogP contribution in [-0.4, -0.2) is 19.8 Å². The molecule has 2 aromatic rings. The van der Waals surface area contributed by atoms with Crippen LogP contribution in [0.3, 0.4) is 0 Å². The molecule has 0 saturated carbocycles. The number of thiophene rings is 1. The van der Waals surface area contributed by atoms with Crippen LogP contribution in [0.5, 0.6) is 11.5 Å². The Kier molecular flexibility index (Phi) is 5.72. The molecule has 0 bridgehead atoms. The first-order valence-electron chi connectivity index (χ1n) is 6.47. The van der Waals surface area contributed by atoms with Gasteiger partial charge in [0, 0.05) is 18.0 Å². The quantitative estimate of drug-likeness (QED) is 0.751. The summed E-state index contributed by atoms with van der Waals surface area (Å²) in [5, 5.41) is 5.44. The molecule has 0 fully saturated rings. The predicted molar refractivity (Wildman–Crippen MR) is 79.1 cm³/mol. The average Bonchev–Trinajstić information content (AvgIpc) is 2.94. The van der Waals surface area contributed by atoms with Gasteiger partial charge in [0.05, 0.1) is 6.61 Å². The van der Waals surface area contributed by atoms with Crippen LogP contribution >= 0.6 is 11.3 Å². The van der Waals surface area contributed by atoms with Gasteiger partial charge in [0.15, 0.2) is 0 Å². The van der Waals surface area contributed by atoms with Crippen LogP contribution < -0.4 is 14.8 Å². The summed E-state index contributed by atoms with van der Waals surface area (Å²) in [6.07, 6.45) is 0. The maximum Gasteiger partial charge on any atom is 0.119 e. The fourth-order valence-electron chi connectivity index (χ4n) is 1.66. The molecule has 1 heterocycles. The van der Waals surface area contributed by atoms with Crippen LogP contribution in [0.1, 0.15) is 11.8 Å². The lowest BCUT2D eigenvalue weighted by atomic mass is 10.3. The van der Waals surface area contributed by atoms with E-state index in [1.165, 1.54) is 4.88 Å². The second-order valence-electron chi connectivity index (χ2n) is 4.01. The van der Waals surface area contributed by atoms with Gasteiger partial charge in [-0.05, 0) is 42.6 Å². The van der Waals surface area contributed by atoms with E-state index in [-0.39, 0.29) is 0 Å². The summed E-state index contributed by atoms with van der Waals surface area (Å²) < 4.78 is 11.0. The molecule has 0 amide bonds. The van der Waals surface area contributed by atoms with Crippen LogP contribution in [0.15, 0.2) is 41.8 Å². The molecular weight excluding hydrogens is 258 g/mol. The molecule has 0 aliphatic rings. The van der Waals surface area contributed by atoms with Crippen LogP contribution in [0.4, 0.5) is 0 Å². The normalized spacial score (nSPS) is 10.4. The van der Waals surface area contributed by atoms with Crippen molar-refractivity contribution >= 4 is 11.3 Å². The lowest BCUT2D eigenvalue weighted by Crippen LogP contribution is -2.20. The van der Waals surface area contributed by atoms with Gasteiger partial charge in [-0.1, -0.05) is 6.07 Å². The van der Waals surface area contributed by atoms with Crippen molar-refractivity contribution in [3.05, 3.63) is 46.7 Å². The molecule has 2 rings (SSSR count). The fraction of sp³-hybridized carbons (Fsp3) is 0.333. The minimum absolute atomic E-state index is 0.666. The van der Waals surface area contributed by atoms with Crippen LogP contribution in [0.2, 0.25) is 0 Å². The highest BCUT2D eigenvalue weighted by atomic mass is 32.1. The van der Waals surface area contributed by atoms with Gasteiger partial charge >= 0.3 is 0 Å². The summed E-state index contributed by atoms with van der Waals surface area (Å²) in [7, 11) is 0. The molecule has 1 N–H and O–H groups in total. The first-order valence-corrected chi connectivity index (χ1v) is 7.35. The number of nitrogens with one attached hydrogen (secondary N) is 1. The van der Waals surface area contributed by atoms with Crippen molar-refractivity contribution in [2.75, 3.05) is 19.8 Å². The Morgan fingerprint density at radius 1 is 1.05 bits per heavy atom. The van der Waals surface area contributed by atoms with Crippen molar-refractivity contribution in [3.8, 4) is 11.5 Å². The molecule has 0 aliphatic heterocycles. The zero-order chi connectivity index (χ0) is 13.3. The van der Waals surface area contributed by atoms with E-state index in [1.54, 1.807) is 11.3 Å². The van der Waals surface area contributed by atoms with E-state index in [4.69, 9.17) is 9.47 Å². The van der Waals surface area contributed by atoms with E-state index >= 15 is 0 Å². The zero-order valence-electron chi connectivity index (χ0n) is 11.1. The third kappa shape index (κ3) is 4.93. The van der Waals surface area contributed by atoms with E-state index in [1.807, 2.05) is 31.2 Å². The van der Waals surface area contributed by atoms with E-state index in [9.17, 15) is 0 Å². The van der Waals surface area contributed by atoms with E-state index in [0.29, 0.717) is 13.2 Å². The van der Waals surface area contributed by atoms with Crippen molar-refractivity contribution in [2.24, 2.45) is 0 Å². The highest BCUT2D eigenvalue weighted by Crippen LogP contribution is 2.17. The Labute approximate surface area is 118 Å². The van der Waals surface area contributed by atoms with Gasteiger partial charge in [0.2, 0.25) is 0 Å². The molecule has 0 unspecified atom stereocenters. The summed E-state index contributed by atoms with van der Waals surface area (Å²) in [4.78, 5) is 1.35. The van der Waals surface area contributed by atoms with Crippen LogP contribution in [-0.2, 0) is 6.54 Å². The Morgan fingerprint density at radius 3 is 2.42 bits per heavy atom. The summed E-state index contributed by atoms with van der Waals surface area (Å²) >= 11 is 1.77. The van der Waals surface area contributed by atoms with E-state index in [2.05, 4.69) is 22.8 Å². The molecule has 0 atom stereocenters. The maximum absolute atomic E-state index is 5.64. The number of benzene rings is 1. The van der Waals surface area contributed by atoms with Gasteiger partial charge in [-0.25, -0.2) is 0 Å². The van der Waals surface area contributed by atoms with Gasteiger partial charge in [-0.3, -0.25) is 0 Å². The summed E-state index contributed by atoms with van der Waals surface area (Å²) in [5.74, 6) is 1.76. The lowest BCUT2D eigenvalue weighted by Gasteiger charge is -2.08. The van der Waals surface area contributed by atoms with E-state index in [0.717, 1.165) is 24.6 Å². The Hall–Kier alpha value is -1.52. The summed E-state index contributed by atoms with van der Waals surface area (Å²) in [6, 6.07) is 11.9. The molecule has 0 spiro atoms. The standard InChI is InChI=1S/C15H19NO2S/c1-2-17-13-5-7-14(8-6-13)18-10-9-16-12-15-4-3-11-19-15/h3-8,11,16H,2,9-10,12H2,1H3. The number of hydrogen-bond donors (Lipinski definition) is 1. The largest absolute Gasteiger partial charge is 0.494 e. The van der Waals surface area contributed by atoms with Gasteiger partial charge < -0.3 is 14.8 Å².